The van der Waals surface area contributed by atoms with Crippen molar-refractivity contribution in [1.29, 1.82) is 0 Å². The molecule has 4 rings (SSSR count). The summed E-state index contributed by atoms with van der Waals surface area (Å²) in [6.07, 6.45) is 4.53. The Labute approximate surface area is 200 Å². The van der Waals surface area contributed by atoms with Crippen LogP contribution in [-0.4, -0.2) is 33.0 Å². The van der Waals surface area contributed by atoms with Gasteiger partial charge in [-0.1, -0.05) is 37.0 Å². The Kier molecular flexibility index (Phi) is 6.28. The number of halogens is 2. The van der Waals surface area contributed by atoms with E-state index in [4.69, 9.17) is 23.2 Å². The number of aromatic amines is 1. The highest BCUT2D eigenvalue weighted by Gasteiger charge is 2.47. The van der Waals surface area contributed by atoms with E-state index in [9.17, 15) is 14.4 Å². The van der Waals surface area contributed by atoms with E-state index in [0.717, 1.165) is 5.56 Å². The van der Waals surface area contributed by atoms with E-state index in [2.05, 4.69) is 5.10 Å². The molecule has 0 saturated carbocycles. The average Bonchev–Trinajstić information content (AvgIpc) is 3.24. The molecular weight excluding hydrogens is 463 g/mol. The van der Waals surface area contributed by atoms with Crippen LogP contribution in [0.2, 0.25) is 10.0 Å². The Morgan fingerprint density at radius 2 is 1.79 bits per heavy atom. The predicted molar refractivity (Wildman–Crippen MR) is 127 cm³/mol. The number of aryl methyl sites for hydroxylation is 2. The molecule has 3 aromatic rings. The van der Waals surface area contributed by atoms with Crippen molar-refractivity contribution in [2.75, 3.05) is 6.54 Å². The first kappa shape index (κ1) is 23.0. The zero-order valence-electron chi connectivity index (χ0n) is 18.5. The van der Waals surface area contributed by atoms with Crippen molar-refractivity contribution in [3.63, 3.8) is 0 Å². The van der Waals surface area contributed by atoms with E-state index in [1.807, 2.05) is 26.8 Å². The van der Waals surface area contributed by atoms with Crippen molar-refractivity contribution >= 4 is 46.3 Å². The van der Waals surface area contributed by atoms with Gasteiger partial charge in [0.15, 0.2) is 12.4 Å². The number of amides is 2. The third-order valence-electron chi connectivity index (χ3n) is 5.53. The summed E-state index contributed by atoms with van der Waals surface area (Å²) in [4.78, 5) is 41.6. The average molecular weight is 486 g/mol. The van der Waals surface area contributed by atoms with Crippen LogP contribution in [0.1, 0.15) is 37.1 Å². The molecule has 3 heterocycles. The fraction of sp³-hybridized carbons (Fsp3) is 0.250. The van der Waals surface area contributed by atoms with Gasteiger partial charge in [0.2, 0.25) is 0 Å². The number of rotatable bonds is 6. The van der Waals surface area contributed by atoms with E-state index in [-0.39, 0.29) is 23.4 Å². The van der Waals surface area contributed by atoms with Gasteiger partial charge in [-0.25, -0.2) is 4.68 Å². The first-order chi connectivity index (χ1) is 15.8. The Balaban J connectivity index is 2.00. The second kappa shape index (κ2) is 9.00. The maximum Gasteiger partial charge on any atom is 0.326 e. The Morgan fingerprint density at radius 3 is 2.42 bits per heavy atom. The van der Waals surface area contributed by atoms with Crippen LogP contribution in [-0.2, 0) is 16.0 Å². The molecule has 1 N–H and O–H groups in total. The van der Waals surface area contributed by atoms with Gasteiger partial charge in [-0.2, -0.15) is 4.57 Å². The Morgan fingerprint density at radius 1 is 1.03 bits per heavy atom. The molecule has 7 nitrogen and oxygen atoms in total. The lowest BCUT2D eigenvalue weighted by Crippen LogP contribution is -2.40. The fourth-order valence-corrected chi connectivity index (χ4v) is 4.28. The lowest BCUT2D eigenvalue weighted by Gasteiger charge is -2.11. The lowest BCUT2D eigenvalue weighted by atomic mass is 10.0. The summed E-state index contributed by atoms with van der Waals surface area (Å²) >= 11 is 12.2. The summed E-state index contributed by atoms with van der Waals surface area (Å²) in [6.45, 7) is 5.93. The van der Waals surface area contributed by atoms with Gasteiger partial charge >= 0.3 is 5.91 Å². The highest BCUT2D eigenvalue weighted by Crippen LogP contribution is 2.31. The number of pyridine rings is 1. The molecule has 1 aromatic carbocycles. The molecule has 33 heavy (non-hydrogen) atoms. The topological polar surface area (TPSA) is 79.1 Å². The van der Waals surface area contributed by atoms with Crippen LogP contribution < -0.4 is 10.1 Å². The molecule has 0 aliphatic carbocycles. The second-order valence-corrected chi connectivity index (χ2v) is 8.65. The van der Waals surface area contributed by atoms with Gasteiger partial charge in [0.1, 0.15) is 5.57 Å². The molecule has 1 aliphatic rings. The molecule has 0 atom stereocenters. The molecular formula is C24H23Cl2N4O3+. The normalized spacial score (nSPS) is 14.0. The summed E-state index contributed by atoms with van der Waals surface area (Å²) in [7, 11) is 0. The smallest absolute Gasteiger partial charge is 0.294 e. The van der Waals surface area contributed by atoms with Crippen molar-refractivity contribution in [3.8, 4) is 5.69 Å². The van der Waals surface area contributed by atoms with Gasteiger partial charge in [-0.15, -0.1) is 0 Å². The Bertz CT molecular complexity index is 1370. The molecule has 0 saturated heterocycles. The third kappa shape index (κ3) is 3.92. The lowest BCUT2D eigenvalue weighted by molar-refractivity contribution is -0.577. The highest BCUT2D eigenvalue weighted by atomic mass is 35.5. The number of H-pyrrole nitrogens is 1. The largest absolute Gasteiger partial charge is 0.326 e. The summed E-state index contributed by atoms with van der Waals surface area (Å²) in [5, 5.41) is 3.74. The molecule has 0 bridgehead atoms. The monoisotopic (exact) mass is 485 g/mol. The van der Waals surface area contributed by atoms with E-state index in [1.54, 1.807) is 41.2 Å². The van der Waals surface area contributed by atoms with E-state index in [0.29, 0.717) is 34.3 Å². The van der Waals surface area contributed by atoms with E-state index < -0.39 is 17.4 Å². The summed E-state index contributed by atoms with van der Waals surface area (Å²) in [5.41, 5.74) is 1.95. The zero-order valence-corrected chi connectivity index (χ0v) is 20.0. The maximum atomic E-state index is 13.6. The molecule has 2 amide bonds. The second-order valence-electron chi connectivity index (χ2n) is 7.83. The molecule has 0 radical (unpaired) electrons. The number of carbonyl (C=O) groups excluding carboxylic acids is 2. The van der Waals surface area contributed by atoms with Crippen molar-refractivity contribution in [1.82, 2.24) is 14.7 Å². The highest BCUT2D eigenvalue weighted by molar-refractivity contribution is 6.44. The van der Waals surface area contributed by atoms with Crippen molar-refractivity contribution in [2.24, 2.45) is 0 Å². The molecule has 2 aromatic heterocycles. The summed E-state index contributed by atoms with van der Waals surface area (Å²) in [5.74, 6) is -0.894. The molecule has 0 unspecified atom stereocenters. The van der Waals surface area contributed by atoms with Gasteiger partial charge in [-0.3, -0.25) is 24.4 Å². The van der Waals surface area contributed by atoms with E-state index in [1.165, 1.54) is 9.58 Å². The number of hydrogen-bond donors (Lipinski definition) is 1. The predicted octanol–water partition coefficient (Wildman–Crippen LogP) is 3.78. The van der Waals surface area contributed by atoms with E-state index >= 15 is 0 Å². The number of imide groups is 1. The number of aromatic nitrogens is 3. The summed E-state index contributed by atoms with van der Waals surface area (Å²) < 4.78 is 2.94. The third-order valence-corrected chi connectivity index (χ3v) is 6.27. The van der Waals surface area contributed by atoms with Crippen LogP contribution in [0, 0.1) is 6.92 Å². The van der Waals surface area contributed by atoms with Gasteiger partial charge in [0.25, 0.3) is 17.2 Å². The minimum absolute atomic E-state index is 0.0981. The molecule has 9 heteroatoms. The van der Waals surface area contributed by atoms with Crippen LogP contribution in [0.5, 0.6) is 0 Å². The number of carbonyl (C=O) groups is 2. The fourth-order valence-electron chi connectivity index (χ4n) is 3.99. The minimum Gasteiger partial charge on any atom is -0.294 e. The zero-order chi connectivity index (χ0) is 23.9. The van der Waals surface area contributed by atoms with Crippen LogP contribution in [0.3, 0.4) is 0 Å². The van der Waals surface area contributed by atoms with Gasteiger partial charge in [0, 0.05) is 23.9 Å². The quantitative estimate of drug-likeness (QED) is 0.426. The maximum absolute atomic E-state index is 13.6. The van der Waals surface area contributed by atoms with Crippen LogP contribution >= 0.6 is 23.2 Å². The standard InChI is InChI=1S/C24H22Cl2N4O3/c1-4-10-29-22(31)20(21(24(29)33)28-11-6-7-14(3)13-28)19-18(5-2)27-30(23(19)32)15-8-9-16(25)17(26)12-15/h6-9,11-13H,4-5,10H2,1-3H3/p+1. The molecule has 170 valence electrons. The SMILES string of the molecule is CCCN1C(=O)C(c2c(CC)[nH]n(-c3ccc(Cl)c(Cl)c3)c2=O)=C([n+]2cccc(C)c2)C1=O. The van der Waals surface area contributed by atoms with Gasteiger partial charge < -0.3 is 0 Å². The Hall–Kier alpha value is -3.16. The van der Waals surface area contributed by atoms with Gasteiger partial charge in [-0.05, 0) is 44.0 Å². The molecule has 0 spiro atoms. The van der Waals surface area contributed by atoms with Gasteiger partial charge in [0.05, 0.1) is 21.3 Å². The van der Waals surface area contributed by atoms with Crippen molar-refractivity contribution in [3.05, 3.63) is 79.9 Å². The first-order valence-corrected chi connectivity index (χ1v) is 11.4. The molecule has 0 fully saturated rings. The molecule has 1 aliphatic heterocycles. The number of nitrogens with zero attached hydrogens (tertiary/aromatic N) is 3. The van der Waals surface area contributed by atoms with Crippen LogP contribution in [0.15, 0.2) is 47.5 Å². The van der Waals surface area contributed by atoms with Crippen molar-refractivity contribution in [2.45, 2.75) is 33.6 Å². The summed E-state index contributed by atoms with van der Waals surface area (Å²) in [6, 6.07) is 8.52. The van der Waals surface area contributed by atoms with Crippen LogP contribution in [0.4, 0.5) is 0 Å². The minimum atomic E-state index is -0.474. The van der Waals surface area contributed by atoms with Crippen molar-refractivity contribution < 1.29 is 14.2 Å². The number of nitrogens with one attached hydrogen (secondary N) is 1. The van der Waals surface area contributed by atoms with Crippen LogP contribution in [0.25, 0.3) is 17.0 Å². The first-order valence-electron chi connectivity index (χ1n) is 10.7. The number of hydrogen-bond acceptors (Lipinski definition) is 3. The number of benzene rings is 1.